The molecule has 3 aromatic rings. The van der Waals surface area contributed by atoms with Crippen LogP contribution < -0.4 is 10.2 Å². The Morgan fingerprint density at radius 1 is 0.971 bits per heavy atom. The van der Waals surface area contributed by atoms with E-state index < -0.39 is 5.97 Å². The molecule has 178 valence electrons. The smallest absolute Gasteiger partial charge is 0.340 e. The second kappa shape index (κ2) is 10.6. The number of nitrogens with one attached hydrogen (secondary N) is 2. The SMILES string of the molecule is CCOC(=O)c1c(C)[nH]c(C(=O)Nc2ccc(N3CCN(Cc4ccccc4)CC3)cc2)c1C. The number of rotatable bonds is 7. The van der Waals surface area contributed by atoms with Gasteiger partial charge in [-0.3, -0.25) is 9.69 Å². The van der Waals surface area contributed by atoms with Crippen molar-refractivity contribution in [2.24, 2.45) is 0 Å². The molecule has 2 heterocycles. The molecule has 0 saturated carbocycles. The molecular formula is C27H32N4O3. The van der Waals surface area contributed by atoms with E-state index in [-0.39, 0.29) is 5.91 Å². The number of piperazine rings is 1. The van der Waals surface area contributed by atoms with Crippen LogP contribution in [0.2, 0.25) is 0 Å². The van der Waals surface area contributed by atoms with E-state index in [0.717, 1.165) is 38.4 Å². The quantitative estimate of drug-likeness (QED) is 0.512. The normalized spacial score (nSPS) is 14.1. The molecule has 1 aliphatic rings. The molecule has 0 aliphatic carbocycles. The number of nitrogens with zero attached hydrogens (tertiary/aromatic N) is 2. The standard InChI is InChI=1S/C27H32N4O3/c1-4-34-27(33)24-19(2)25(28-20(24)3)26(32)29-22-10-12-23(13-11-22)31-16-14-30(15-17-31)18-21-8-6-5-7-9-21/h5-13,28H,4,14-18H2,1-3H3,(H,29,32). The molecule has 1 aromatic heterocycles. The number of aromatic amines is 1. The Balaban J connectivity index is 1.34. The van der Waals surface area contributed by atoms with E-state index in [2.05, 4.69) is 50.4 Å². The number of hydrogen-bond acceptors (Lipinski definition) is 5. The van der Waals surface area contributed by atoms with Crippen molar-refractivity contribution in [3.05, 3.63) is 82.7 Å². The Morgan fingerprint density at radius 3 is 2.29 bits per heavy atom. The summed E-state index contributed by atoms with van der Waals surface area (Å²) in [5, 5.41) is 2.93. The number of esters is 1. The lowest BCUT2D eigenvalue weighted by atomic mass is 10.1. The molecule has 1 amide bonds. The summed E-state index contributed by atoms with van der Waals surface area (Å²) in [6.07, 6.45) is 0. The van der Waals surface area contributed by atoms with Crippen molar-refractivity contribution >= 4 is 23.3 Å². The Morgan fingerprint density at radius 2 is 1.65 bits per heavy atom. The lowest BCUT2D eigenvalue weighted by molar-refractivity contribution is 0.0525. The average Bonchev–Trinajstić information content (AvgIpc) is 3.15. The average molecular weight is 461 g/mol. The van der Waals surface area contributed by atoms with Gasteiger partial charge in [0.1, 0.15) is 5.69 Å². The molecule has 1 aliphatic heterocycles. The van der Waals surface area contributed by atoms with Crippen molar-refractivity contribution in [1.82, 2.24) is 9.88 Å². The summed E-state index contributed by atoms with van der Waals surface area (Å²) >= 11 is 0. The molecule has 0 radical (unpaired) electrons. The van der Waals surface area contributed by atoms with Gasteiger partial charge in [0.05, 0.1) is 12.2 Å². The van der Waals surface area contributed by atoms with Crippen LogP contribution in [0, 0.1) is 13.8 Å². The zero-order valence-electron chi connectivity index (χ0n) is 20.1. The molecule has 4 rings (SSSR count). The van der Waals surface area contributed by atoms with Crippen molar-refractivity contribution in [3.63, 3.8) is 0 Å². The predicted molar refractivity (Wildman–Crippen MR) is 135 cm³/mol. The third-order valence-corrected chi connectivity index (χ3v) is 6.26. The van der Waals surface area contributed by atoms with Crippen LogP contribution in [0.4, 0.5) is 11.4 Å². The van der Waals surface area contributed by atoms with Gasteiger partial charge in [0.25, 0.3) is 5.91 Å². The van der Waals surface area contributed by atoms with Gasteiger partial charge in [-0.25, -0.2) is 4.79 Å². The van der Waals surface area contributed by atoms with Gasteiger partial charge in [0, 0.05) is 49.8 Å². The number of benzene rings is 2. The van der Waals surface area contributed by atoms with E-state index in [0.29, 0.717) is 34.8 Å². The summed E-state index contributed by atoms with van der Waals surface area (Å²) in [4.78, 5) is 32.9. The van der Waals surface area contributed by atoms with E-state index in [1.807, 2.05) is 24.3 Å². The summed E-state index contributed by atoms with van der Waals surface area (Å²) in [5.74, 6) is -0.695. The molecule has 0 bridgehead atoms. The van der Waals surface area contributed by atoms with Gasteiger partial charge in [0.15, 0.2) is 0 Å². The number of anilines is 2. The Bertz CT molecular complexity index is 1130. The van der Waals surface area contributed by atoms with Crippen molar-refractivity contribution in [1.29, 1.82) is 0 Å². The number of aryl methyl sites for hydroxylation is 1. The molecule has 7 heteroatoms. The Hall–Kier alpha value is -3.58. The highest BCUT2D eigenvalue weighted by Crippen LogP contribution is 2.23. The Labute approximate surface area is 200 Å². The minimum absolute atomic E-state index is 0.279. The first-order valence-electron chi connectivity index (χ1n) is 11.7. The minimum Gasteiger partial charge on any atom is -0.462 e. The predicted octanol–water partition coefficient (Wildman–Crippen LogP) is 4.38. The summed E-state index contributed by atoms with van der Waals surface area (Å²) < 4.78 is 5.11. The van der Waals surface area contributed by atoms with Crippen molar-refractivity contribution in [3.8, 4) is 0 Å². The maximum atomic E-state index is 12.8. The monoisotopic (exact) mass is 460 g/mol. The molecule has 1 fully saturated rings. The number of amides is 1. The maximum absolute atomic E-state index is 12.8. The van der Waals surface area contributed by atoms with Gasteiger partial charge < -0.3 is 19.9 Å². The molecule has 2 N–H and O–H groups in total. The number of aromatic nitrogens is 1. The summed E-state index contributed by atoms with van der Waals surface area (Å²) in [5.41, 5.74) is 5.22. The van der Waals surface area contributed by atoms with Gasteiger partial charge in [-0.15, -0.1) is 0 Å². The molecule has 0 spiro atoms. The number of carbonyl (C=O) groups is 2. The highest BCUT2D eigenvalue weighted by atomic mass is 16.5. The Kier molecular flexibility index (Phi) is 7.33. The van der Waals surface area contributed by atoms with Gasteiger partial charge in [-0.1, -0.05) is 30.3 Å². The van der Waals surface area contributed by atoms with E-state index >= 15 is 0 Å². The molecule has 34 heavy (non-hydrogen) atoms. The van der Waals surface area contributed by atoms with Crippen LogP contribution in [0.3, 0.4) is 0 Å². The van der Waals surface area contributed by atoms with Gasteiger partial charge >= 0.3 is 5.97 Å². The molecule has 1 saturated heterocycles. The van der Waals surface area contributed by atoms with Crippen LogP contribution in [-0.2, 0) is 11.3 Å². The lowest BCUT2D eigenvalue weighted by Gasteiger charge is -2.36. The van der Waals surface area contributed by atoms with Crippen LogP contribution >= 0.6 is 0 Å². The molecule has 0 unspecified atom stereocenters. The first-order valence-corrected chi connectivity index (χ1v) is 11.7. The largest absolute Gasteiger partial charge is 0.462 e. The van der Waals surface area contributed by atoms with E-state index in [4.69, 9.17) is 4.74 Å². The van der Waals surface area contributed by atoms with Crippen LogP contribution in [0.5, 0.6) is 0 Å². The third kappa shape index (κ3) is 5.31. The summed E-state index contributed by atoms with van der Waals surface area (Å²) in [7, 11) is 0. The number of ether oxygens (including phenoxy) is 1. The van der Waals surface area contributed by atoms with Crippen molar-refractivity contribution in [2.45, 2.75) is 27.3 Å². The van der Waals surface area contributed by atoms with Gasteiger partial charge in [-0.05, 0) is 56.2 Å². The summed E-state index contributed by atoms with van der Waals surface area (Å²) in [6, 6.07) is 18.5. The van der Waals surface area contributed by atoms with Gasteiger partial charge in [-0.2, -0.15) is 0 Å². The third-order valence-electron chi connectivity index (χ3n) is 6.26. The van der Waals surface area contributed by atoms with Gasteiger partial charge in [0.2, 0.25) is 0 Å². The highest BCUT2D eigenvalue weighted by molar-refractivity contribution is 6.06. The van der Waals surface area contributed by atoms with Crippen LogP contribution in [-0.4, -0.2) is 54.5 Å². The number of H-pyrrole nitrogens is 1. The van der Waals surface area contributed by atoms with E-state index in [1.54, 1.807) is 20.8 Å². The van der Waals surface area contributed by atoms with Crippen molar-refractivity contribution < 1.29 is 14.3 Å². The second-order valence-corrected chi connectivity index (χ2v) is 8.60. The zero-order valence-corrected chi connectivity index (χ0v) is 20.1. The van der Waals surface area contributed by atoms with E-state index in [9.17, 15) is 9.59 Å². The van der Waals surface area contributed by atoms with Crippen LogP contribution in [0.25, 0.3) is 0 Å². The second-order valence-electron chi connectivity index (χ2n) is 8.60. The number of carbonyl (C=O) groups excluding carboxylic acids is 2. The fourth-order valence-electron chi connectivity index (χ4n) is 4.44. The fourth-order valence-corrected chi connectivity index (χ4v) is 4.44. The molecule has 7 nitrogen and oxygen atoms in total. The zero-order chi connectivity index (χ0) is 24.1. The lowest BCUT2D eigenvalue weighted by Crippen LogP contribution is -2.45. The first-order chi connectivity index (χ1) is 16.5. The van der Waals surface area contributed by atoms with Crippen molar-refractivity contribution in [2.75, 3.05) is 43.0 Å². The van der Waals surface area contributed by atoms with Crippen LogP contribution in [0.1, 0.15) is 44.6 Å². The highest BCUT2D eigenvalue weighted by Gasteiger charge is 2.23. The molecule has 2 aromatic carbocycles. The fraction of sp³-hybridized carbons (Fsp3) is 0.333. The summed E-state index contributed by atoms with van der Waals surface area (Å²) in [6.45, 7) is 10.5. The first kappa shape index (κ1) is 23.6. The molecular weight excluding hydrogens is 428 g/mol. The topological polar surface area (TPSA) is 77.7 Å². The van der Waals surface area contributed by atoms with E-state index in [1.165, 1.54) is 5.56 Å². The maximum Gasteiger partial charge on any atom is 0.340 e. The minimum atomic E-state index is -0.416. The van der Waals surface area contributed by atoms with Crippen LogP contribution in [0.15, 0.2) is 54.6 Å². The number of hydrogen-bond donors (Lipinski definition) is 2. The molecule has 0 atom stereocenters.